The summed E-state index contributed by atoms with van der Waals surface area (Å²) >= 11 is 0. The first-order valence-electron chi connectivity index (χ1n) is 5.43. The molecule has 0 radical (unpaired) electrons. The Bertz CT molecular complexity index is 221. The fourth-order valence-electron chi connectivity index (χ4n) is 1.70. The van der Waals surface area contributed by atoms with Crippen LogP contribution in [0.1, 0.15) is 25.7 Å². The minimum absolute atomic E-state index is 0.00915. The molecule has 4 nitrogen and oxygen atoms in total. The van der Waals surface area contributed by atoms with Crippen molar-refractivity contribution >= 4 is 6.03 Å². The molecule has 2 fully saturated rings. The number of hydrogen-bond donors (Lipinski definition) is 3. The van der Waals surface area contributed by atoms with E-state index in [2.05, 4.69) is 16.0 Å². The first-order chi connectivity index (χ1) is 6.74. The molecular weight excluding hydrogens is 178 g/mol. The molecule has 2 aliphatic rings. The smallest absolute Gasteiger partial charge is 0.315 e. The lowest BCUT2D eigenvalue weighted by Gasteiger charge is -2.15. The lowest BCUT2D eigenvalue weighted by atomic mass is 10.1. The van der Waals surface area contributed by atoms with Gasteiger partial charge in [0.05, 0.1) is 0 Å². The largest absolute Gasteiger partial charge is 0.338 e. The molecule has 14 heavy (non-hydrogen) atoms. The molecule has 0 aromatic heterocycles. The molecule has 3 N–H and O–H groups in total. The highest BCUT2D eigenvalue weighted by Crippen LogP contribution is 2.44. The van der Waals surface area contributed by atoms with Crippen LogP contribution in [0.3, 0.4) is 0 Å². The first-order valence-corrected chi connectivity index (χ1v) is 5.43. The fraction of sp³-hybridized carbons (Fsp3) is 0.900. The van der Waals surface area contributed by atoms with Gasteiger partial charge >= 0.3 is 6.03 Å². The summed E-state index contributed by atoms with van der Waals surface area (Å²) in [7, 11) is 1.96. The van der Waals surface area contributed by atoms with Crippen molar-refractivity contribution in [3.8, 4) is 0 Å². The maximum atomic E-state index is 11.3. The summed E-state index contributed by atoms with van der Waals surface area (Å²) < 4.78 is 0. The summed E-state index contributed by atoms with van der Waals surface area (Å²) in [5.74, 6) is 0. The summed E-state index contributed by atoms with van der Waals surface area (Å²) in [4.78, 5) is 11.3. The quantitative estimate of drug-likeness (QED) is 0.599. The molecule has 2 amide bonds. The van der Waals surface area contributed by atoms with E-state index in [9.17, 15) is 4.79 Å². The van der Waals surface area contributed by atoms with E-state index in [-0.39, 0.29) is 6.03 Å². The lowest BCUT2D eigenvalue weighted by Crippen LogP contribution is -2.41. The van der Waals surface area contributed by atoms with Crippen molar-refractivity contribution < 1.29 is 4.79 Å². The second-order valence-electron chi connectivity index (χ2n) is 4.63. The summed E-state index contributed by atoms with van der Waals surface area (Å²) in [5.41, 5.74) is 0.357. The van der Waals surface area contributed by atoms with Gasteiger partial charge in [0.25, 0.3) is 0 Å². The topological polar surface area (TPSA) is 53.2 Å². The van der Waals surface area contributed by atoms with Crippen molar-refractivity contribution in [3.63, 3.8) is 0 Å². The Labute approximate surface area is 84.8 Å². The highest BCUT2D eigenvalue weighted by molar-refractivity contribution is 5.74. The summed E-state index contributed by atoms with van der Waals surface area (Å²) in [6, 6.07) is 0.462. The van der Waals surface area contributed by atoms with E-state index in [1.54, 1.807) is 0 Å². The molecule has 0 spiro atoms. The van der Waals surface area contributed by atoms with Crippen molar-refractivity contribution in [1.82, 2.24) is 16.0 Å². The molecule has 2 saturated carbocycles. The van der Waals surface area contributed by atoms with Gasteiger partial charge in [0, 0.05) is 24.5 Å². The number of carbonyl (C=O) groups excluding carboxylic acids is 1. The minimum atomic E-state index is 0.00915. The lowest BCUT2D eigenvalue weighted by molar-refractivity contribution is 0.237. The monoisotopic (exact) mass is 197 g/mol. The van der Waals surface area contributed by atoms with Gasteiger partial charge in [-0.15, -0.1) is 0 Å². The van der Waals surface area contributed by atoms with E-state index in [1.807, 2.05) is 7.05 Å². The third-order valence-electron chi connectivity index (χ3n) is 3.05. The Kier molecular flexibility index (Phi) is 2.63. The van der Waals surface area contributed by atoms with E-state index in [0.29, 0.717) is 11.5 Å². The highest BCUT2D eigenvalue weighted by atomic mass is 16.2. The fourth-order valence-corrected chi connectivity index (χ4v) is 1.70. The second kappa shape index (κ2) is 3.77. The van der Waals surface area contributed by atoms with Gasteiger partial charge in [-0.3, -0.25) is 0 Å². The van der Waals surface area contributed by atoms with Gasteiger partial charge in [-0.25, -0.2) is 4.79 Å². The number of urea groups is 1. The van der Waals surface area contributed by atoms with Gasteiger partial charge < -0.3 is 16.0 Å². The summed E-state index contributed by atoms with van der Waals surface area (Å²) in [6.07, 6.45) is 4.76. The van der Waals surface area contributed by atoms with Gasteiger partial charge in [0.15, 0.2) is 0 Å². The van der Waals surface area contributed by atoms with Gasteiger partial charge in [-0.1, -0.05) is 0 Å². The van der Waals surface area contributed by atoms with Crippen LogP contribution in [0, 0.1) is 5.41 Å². The van der Waals surface area contributed by atoms with Crippen LogP contribution >= 0.6 is 0 Å². The number of rotatable bonds is 5. The first kappa shape index (κ1) is 9.77. The molecule has 0 aromatic rings. The van der Waals surface area contributed by atoms with Crippen LogP contribution in [0.25, 0.3) is 0 Å². The van der Waals surface area contributed by atoms with E-state index < -0.39 is 0 Å². The molecule has 0 aliphatic heterocycles. The van der Waals surface area contributed by atoms with Crippen molar-refractivity contribution in [3.05, 3.63) is 0 Å². The Morgan fingerprint density at radius 1 is 1.36 bits per heavy atom. The average molecular weight is 197 g/mol. The normalized spacial score (nSPS) is 22.9. The average Bonchev–Trinajstić information content (AvgIpc) is 3.00. The zero-order chi connectivity index (χ0) is 10.0. The van der Waals surface area contributed by atoms with Crippen molar-refractivity contribution in [2.24, 2.45) is 5.41 Å². The molecule has 2 rings (SSSR count). The Hall–Kier alpha value is -0.770. The van der Waals surface area contributed by atoms with Crippen LogP contribution in [0.2, 0.25) is 0 Å². The second-order valence-corrected chi connectivity index (χ2v) is 4.63. The SMILES string of the molecule is CNCC1(CNC(=O)NC2CC2)CC1. The highest BCUT2D eigenvalue weighted by Gasteiger charge is 2.42. The standard InChI is InChI=1S/C10H19N3O/c1-11-6-10(4-5-10)7-12-9(14)13-8-2-3-8/h8,11H,2-7H2,1H3,(H2,12,13,14). The zero-order valence-electron chi connectivity index (χ0n) is 8.73. The number of nitrogens with one attached hydrogen (secondary N) is 3. The van der Waals surface area contributed by atoms with E-state index in [4.69, 9.17) is 0 Å². The number of amides is 2. The Morgan fingerprint density at radius 2 is 2.07 bits per heavy atom. The van der Waals surface area contributed by atoms with Crippen LogP contribution in [0.4, 0.5) is 4.79 Å². The van der Waals surface area contributed by atoms with Gasteiger partial charge in [-0.05, 0) is 32.7 Å². The molecule has 0 heterocycles. The van der Waals surface area contributed by atoms with Gasteiger partial charge in [0.1, 0.15) is 0 Å². The Morgan fingerprint density at radius 3 is 2.57 bits per heavy atom. The predicted octanol–water partition coefficient (Wildman–Crippen LogP) is 0.448. The molecule has 0 atom stereocenters. The van der Waals surface area contributed by atoms with Crippen LogP contribution in [0.15, 0.2) is 0 Å². The molecule has 0 saturated heterocycles. The zero-order valence-corrected chi connectivity index (χ0v) is 8.73. The molecule has 2 aliphatic carbocycles. The van der Waals surface area contributed by atoms with E-state index in [0.717, 1.165) is 25.9 Å². The van der Waals surface area contributed by atoms with Crippen molar-refractivity contribution in [2.75, 3.05) is 20.1 Å². The number of hydrogen-bond acceptors (Lipinski definition) is 2. The third kappa shape index (κ3) is 2.61. The van der Waals surface area contributed by atoms with E-state index >= 15 is 0 Å². The molecule has 0 bridgehead atoms. The van der Waals surface area contributed by atoms with Crippen molar-refractivity contribution in [1.29, 1.82) is 0 Å². The molecular formula is C10H19N3O. The maximum absolute atomic E-state index is 11.3. The third-order valence-corrected chi connectivity index (χ3v) is 3.05. The number of carbonyl (C=O) groups is 1. The van der Waals surface area contributed by atoms with Crippen molar-refractivity contribution in [2.45, 2.75) is 31.7 Å². The summed E-state index contributed by atoms with van der Waals surface area (Å²) in [5, 5.41) is 9.05. The molecule has 0 aromatic carbocycles. The maximum Gasteiger partial charge on any atom is 0.315 e. The molecule has 4 heteroatoms. The van der Waals surface area contributed by atoms with Gasteiger partial charge in [-0.2, -0.15) is 0 Å². The summed E-state index contributed by atoms with van der Waals surface area (Å²) in [6.45, 7) is 1.82. The molecule has 80 valence electrons. The van der Waals surface area contributed by atoms with Crippen LogP contribution in [-0.2, 0) is 0 Å². The minimum Gasteiger partial charge on any atom is -0.338 e. The van der Waals surface area contributed by atoms with Crippen LogP contribution < -0.4 is 16.0 Å². The molecule has 0 unspecified atom stereocenters. The van der Waals surface area contributed by atoms with Gasteiger partial charge in [0.2, 0.25) is 0 Å². The Balaban J connectivity index is 1.63. The van der Waals surface area contributed by atoms with Crippen LogP contribution in [-0.4, -0.2) is 32.2 Å². The predicted molar refractivity (Wildman–Crippen MR) is 55.2 cm³/mol. The van der Waals surface area contributed by atoms with Crippen LogP contribution in [0.5, 0.6) is 0 Å². The van der Waals surface area contributed by atoms with E-state index in [1.165, 1.54) is 12.8 Å².